The quantitative estimate of drug-likeness (QED) is 0.796. The minimum atomic E-state index is 0.198. The van der Waals surface area contributed by atoms with Gasteiger partial charge in [0.1, 0.15) is 5.75 Å². The number of phenols is 1. The van der Waals surface area contributed by atoms with Gasteiger partial charge in [0.2, 0.25) is 0 Å². The molecule has 2 nitrogen and oxygen atoms in total. The van der Waals surface area contributed by atoms with Crippen LogP contribution in [0.1, 0.15) is 21.5 Å². The van der Waals surface area contributed by atoms with E-state index in [2.05, 4.69) is 0 Å². The molecule has 0 aromatic heterocycles. The molecule has 0 fully saturated rings. The number of aryl methyl sites for hydroxylation is 2. The molecular formula is C15H14O2. The molecule has 0 spiro atoms. The molecule has 0 radical (unpaired) electrons. The lowest BCUT2D eigenvalue weighted by atomic mass is 9.96. The Morgan fingerprint density at radius 1 is 0.941 bits per heavy atom. The van der Waals surface area contributed by atoms with E-state index < -0.39 is 0 Å². The van der Waals surface area contributed by atoms with Crippen LogP contribution >= 0.6 is 0 Å². The standard InChI is InChI=1S/C15H14O2/c1-10-3-5-12(9-16)13(7-10)14-8-11(2)4-6-15(14)17/h3-9,17H,1-2H3. The lowest BCUT2D eigenvalue weighted by molar-refractivity contribution is 0.112. The normalized spacial score (nSPS) is 10.2. The Morgan fingerprint density at radius 3 is 2.18 bits per heavy atom. The average Bonchev–Trinajstić information content (AvgIpc) is 2.32. The third-order valence-electron chi connectivity index (χ3n) is 2.78. The van der Waals surface area contributed by atoms with E-state index >= 15 is 0 Å². The van der Waals surface area contributed by atoms with Gasteiger partial charge in [-0.15, -0.1) is 0 Å². The molecule has 1 N–H and O–H groups in total. The minimum absolute atomic E-state index is 0.198. The first-order valence-corrected chi connectivity index (χ1v) is 5.47. The van der Waals surface area contributed by atoms with Crippen molar-refractivity contribution in [2.75, 3.05) is 0 Å². The molecule has 0 bridgehead atoms. The molecule has 0 amide bonds. The van der Waals surface area contributed by atoms with Crippen LogP contribution in [0.25, 0.3) is 11.1 Å². The van der Waals surface area contributed by atoms with Crippen molar-refractivity contribution in [2.45, 2.75) is 13.8 Å². The van der Waals surface area contributed by atoms with Gasteiger partial charge in [0, 0.05) is 11.1 Å². The number of carbonyl (C=O) groups excluding carboxylic acids is 1. The zero-order valence-corrected chi connectivity index (χ0v) is 9.90. The highest BCUT2D eigenvalue weighted by molar-refractivity contribution is 5.89. The summed E-state index contributed by atoms with van der Waals surface area (Å²) in [5, 5.41) is 9.88. The summed E-state index contributed by atoms with van der Waals surface area (Å²) >= 11 is 0. The summed E-state index contributed by atoms with van der Waals surface area (Å²) in [6.07, 6.45) is 0.816. The van der Waals surface area contributed by atoms with Crippen molar-refractivity contribution < 1.29 is 9.90 Å². The predicted octanol–water partition coefficient (Wildman–Crippen LogP) is 3.49. The second-order valence-electron chi connectivity index (χ2n) is 4.23. The molecule has 0 atom stereocenters. The third kappa shape index (κ3) is 2.21. The van der Waals surface area contributed by atoms with Crippen LogP contribution < -0.4 is 0 Å². The molecule has 0 aliphatic carbocycles. The topological polar surface area (TPSA) is 37.3 Å². The molecule has 86 valence electrons. The number of hydrogen-bond acceptors (Lipinski definition) is 2. The van der Waals surface area contributed by atoms with E-state index in [-0.39, 0.29) is 5.75 Å². The van der Waals surface area contributed by atoms with Crippen molar-refractivity contribution in [2.24, 2.45) is 0 Å². The Labute approximate surface area is 101 Å². The molecule has 0 saturated heterocycles. The molecule has 0 saturated carbocycles. The fraction of sp³-hybridized carbons (Fsp3) is 0.133. The van der Waals surface area contributed by atoms with Crippen molar-refractivity contribution in [3.8, 4) is 16.9 Å². The van der Waals surface area contributed by atoms with Gasteiger partial charge in [-0.25, -0.2) is 0 Å². The molecule has 0 aliphatic heterocycles. The highest BCUT2D eigenvalue weighted by Crippen LogP contribution is 2.32. The monoisotopic (exact) mass is 226 g/mol. The number of aromatic hydroxyl groups is 1. The molecule has 0 heterocycles. The summed E-state index contributed by atoms with van der Waals surface area (Å²) in [5.74, 6) is 0.198. The van der Waals surface area contributed by atoms with Crippen molar-refractivity contribution in [1.82, 2.24) is 0 Å². The Morgan fingerprint density at radius 2 is 1.53 bits per heavy atom. The maximum Gasteiger partial charge on any atom is 0.150 e. The van der Waals surface area contributed by atoms with E-state index in [1.54, 1.807) is 12.1 Å². The second kappa shape index (κ2) is 4.42. The smallest absolute Gasteiger partial charge is 0.150 e. The summed E-state index contributed by atoms with van der Waals surface area (Å²) in [6.45, 7) is 3.92. The summed E-state index contributed by atoms with van der Waals surface area (Å²) in [6, 6.07) is 11.0. The van der Waals surface area contributed by atoms with E-state index in [1.807, 2.05) is 38.1 Å². The third-order valence-corrected chi connectivity index (χ3v) is 2.78. The van der Waals surface area contributed by atoms with Crippen LogP contribution in [-0.2, 0) is 0 Å². The van der Waals surface area contributed by atoms with Crippen LogP contribution in [0.15, 0.2) is 36.4 Å². The van der Waals surface area contributed by atoms with Gasteiger partial charge in [-0.3, -0.25) is 4.79 Å². The largest absolute Gasteiger partial charge is 0.507 e. The predicted molar refractivity (Wildman–Crippen MR) is 68.4 cm³/mol. The minimum Gasteiger partial charge on any atom is -0.507 e. The molecule has 2 rings (SSSR count). The molecule has 2 aromatic rings. The molecule has 0 aliphatic rings. The molecular weight excluding hydrogens is 212 g/mol. The molecule has 2 heteroatoms. The molecule has 2 aromatic carbocycles. The van der Waals surface area contributed by atoms with Crippen LogP contribution in [0, 0.1) is 13.8 Å². The van der Waals surface area contributed by atoms with Crippen molar-refractivity contribution >= 4 is 6.29 Å². The molecule has 0 unspecified atom stereocenters. The van der Waals surface area contributed by atoms with Gasteiger partial charge in [-0.1, -0.05) is 35.4 Å². The van der Waals surface area contributed by atoms with E-state index in [4.69, 9.17) is 0 Å². The maximum atomic E-state index is 11.0. The first-order valence-electron chi connectivity index (χ1n) is 5.47. The van der Waals surface area contributed by atoms with Crippen molar-refractivity contribution in [3.05, 3.63) is 53.1 Å². The lowest BCUT2D eigenvalue weighted by Crippen LogP contribution is -1.90. The SMILES string of the molecule is Cc1ccc(O)c(-c2cc(C)ccc2C=O)c1. The van der Waals surface area contributed by atoms with Crippen LogP contribution in [-0.4, -0.2) is 11.4 Å². The molecule has 17 heavy (non-hydrogen) atoms. The highest BCUT2D eigenvalue weighted by atomic mass is 16.3. The Kier molecular flexibility index (Phi) is 2.96. The van der Waals surface area contributed by atoms with Gasteiger partial charge in [-0.2, -0.15) is 0 Å². The number of aldehydes is 1. The highest BCUT2D eigenvalue weighted by Gasteiger charge is 2.09. The van der Waals surface area contributed by atoms with Crippen molar-refractivity contribution in [1.29, 1.82) is 0 Å². The van der Waals surface area contributed by atoms with Crippen LogP contribution in [0.4, 0.5) is 0 Å². The number of rotatable bonds is 2. The van der Waals surface area contributed by atoms with E-state index in [1.165, 1.54) is 0 Å². The average molecular weight is 226 g/mol. The maximum absolute atomic E-state index is 11.0. The first-order chi connectivity index (χ1) is 8.11. The van der Waals surface area contributed by atoms with Gasteiger partial charge in [-0.05, 0) is 31.5 Å². The van der Waals surface area contributed by atoms with Crippen molar-refractivity contribution in [3.63, 3.8) is 0 Å². The fourth-order valence-electron chi connectivity index (χ4n) is 1.87. The number of phenolic OH excluding ortho intramolecular Hbond substituents is 1. The van der Waals surface area contributed by atoms with Gasteiger partial charge in [0.25, 0.3) is 0 Å². The zero-order valence-electron chi connectivity index (χ0n) is 9.90. The van der Waals surface area contributed by atoms with Gasteiger partial charge in [0.15, 0.2) is 6.29 Å². The summed E-state index contributed by atoms with van der Waals surface area (Å²) in [4.78, 5) is 11.0. The summed E-state index contributed by atoms with van der Waals surface area (Å²) < 4.78 is 0. The van der Waals surface area contributed by atoms with Crippen LogP contribution in [0.5, 0.6) is 5.75 Å². The zero-order chi connectivity index (χ0) is 12.4. The number of hydrogen-bond donors (Lipinski definition) is 1. The Balaban J connectivity index is 2.70. The van der Waals surface area contributed by atoms with Crippen LogP contribution in [0.3, 0.4) is 0 Å². The van der Waals surface area contributed by atoms with Gasteiger partial charge < -0.3 is 5.11 Å². The fourth-order valence-corrected chi connectivity index (χ4v) is 1.87. The van der Waals surface area contributed by atoms with E-state index in [0.717, 1.165) is 23.0 Å². The van der Waals surface area contributed by atoms with E-state index in [0.29, 0.717) is 11.1 Å². The first kappa shape index (κ1) is 11.4. The number of benzene rings is 2. The second-order valence-corrected chi connectivity index (χ2v) is 4.23. The van der Waals surface area contributed by atoms with Gasteiger partial charge in [0.05, 0.1) is 0 Å². The summed E-state index contributed by atoms with van der Waals surface area (Å²) in [5.41, 5.74) is 4.19. The van der Waals surface area contributed by atoms with Gasteiger partial charge >= 0.3 is 0 Å². The Bertz CT molecular complexity index is 571. The summed E-state index contributed by atoms with van der Waals surface area (Å²) in [7, 11) is 0. The number of carbonyl (C=O) groups is 1. The van der Waals surface area contributed by atoms with Crippen LogP contribution in [0.2, 0.25) is 0 Å². The Hall–Kier alpha value is -2.09. The van der Waals surface area contributed by atoms with E-state index in [9.17, 15) is 9.90 Å². The lowest BCUT2D eigenvalue weighted by Gasteiger charge is -2.09.